The number of benzene rings is 2. The van der Waals surface area contributed by atoms with E-state index in [-0.39, 0.29) is 0 Å². The summed E-state index contributed by atoms with van der Waals surface area (Å²) in [6.07, 6.45) is 1.68. The Bertz CT molecular complexity index is 955. The van der Waals surface area contributed by atoms with Crippen molar-refractivity contribution in [2.45, 2.75) is 6.92 Å². The van der Waals surface area contributed by atoms with Crippen LogP contribution in [0.3, 0.4) is 0 Å². The van der Waals surface area contributed by atoms with Crippen LogP contribution >= 0.6 is 15.9 Å². The highest BCUT2D eigenvalue weighted by molar-refractivity contribution is 9.10. The van der Waals surface area contributed by atoms with Gasteiger partial charge in [0.05, 0.1) is 17.6 Å². The van der Waals surface area contributed by atoms with E-state index in [9.17, 15) is 0 Å². The first-order chi connectivity index (χ1) is 10.7. The summed E-state index contributed by atoms with van der Waals surface area (Å²) < 4.78 is 8.54. The highest BCUT2D eigenvalue weighted by Crippen LogP contribution is 2.27. The van der Waals surface area contributed by atoms with Crippen LogP contribution < -0.4 is 0 Å². The second kappa shape index (κ2) is 5.14. The van der Waals surface area contributed by atoms with Crippen molar-refractivity contribution in [2.24, 2.45) is 0 Å². The maximum Gasteiger partial charge on any atom is 0.152 e. The minimum Gasteiger partial charge on any atom is -0.463 e. The number of furan rings is 1. The summed E-state index contributed by atoms with van der Waals surface area (Å²) in [6.45, 7) is 1.99. The summed E-state index contributed by atoms with van der Waals surface area (Å²) in [5.41, 5.74) is 2.94. The summed E-state index contributed by atoms with van der Waals surface area (Å²) in [4.78, 5) is 0. The molecular weight excluding hydrogens is 340 g/mol. The third-order valence-electron chi connectivity index (χ3n) is 3.64. The molecule has 108 valence electrons. The van der Waals surface area contributed by atoms with Gasteiger partial charge in [0, 0.05) is 4.47 Å². The molecule has 0 fully saturated rings. The van der Waals surface area contributed by atoms with Gasteiger partial charge < -0.3 is 4.42 Å². The van der Waals surface area contributed by atoms with Gasteiger partial charge in [0.15, 0.2) is 5.76 Å². The summed E-state index contributed by atoms with van der Waals surface area (Å²) >= 11 is 3.51. The lowest BCUT2D eigenvalue weighted by Crippen LogP contribution is -1.98. The largest absolute Gasteiger partial charge is 0.463 e. The molecule has 0 N–H and O–H groups in total. The summed E-state index contributed by atoms with van der Waals surface area (Å²) in [5, 5.41) is 6.98. The number of aromatic nitrogens is 2. The normalized spacial score (nSPS) is 11.2. The van der Waals surface area contributed by atoms with E-state index in [1.54, 1.807) is 6.26 Å². The fraction of sp³-hybridized carbons (Fsp3) is 0.0556. The maximum atomic E-state index is 5.53. The zero-order valence-corrected chi connectivity index (χ0v) is 13.5. The molecule has 2 aromatic heterocycles. The third kappa shape index (κ3) is 2.25. The van der Waals surface area contributed by atoms with E-state index < -0.39 is 0 Å². The van der Waals surface area contributed by atoms with E-state index in [1.165, 1.54) is 10.8 Å². The van der Waals surface area contributed by atoms with Crippen molar-refractivity contribution in [3.05, 3.63) is 71.0 Å². The van der Waals surface area contributed by atoms with Crippen LogP contribution in [0.4, 0.5) is 0 Å². The molecule has 0 atom stereocenters. The summed E-state index contributed by atoms with van der Waals surface area (Å²) in [5.74, 6) is 0.816. The summed E-state index contributed by atoms with van der Waals surface area (Å²) in [7, 11) is 0. The van der Waals surface area contributed by atoms with Crippen LogP contribution in [0.25, 0.3) is 27.9 Å². The Morgan fingerprint density at radius 1 is 1.00 bits per heavy atom. The molecule has 22 heavy (non-hydrogen) atoms. The van der Waals surface area contributed by atoms with Crippen molar-refractivity contribution in [1.29, 1.82) is 0 Å². The minimum absolute atomic E-state index is 0.816. The minimum atomic E-state index is 0.816. The van der Waals surface area contributed by atoms with Gasteiger partial charge >= 0.3 is 0 Å². The molecule has 4 rings (SSSR count). The lowest BCUT2D eigenvalue weighted by molar-refractivity contribution is 0.577. The number of nitrogens with zero attached hydrogens (tertiary/aromatic N) is 2. The van der Waals surface area contributed by atoms with Gasteiger partial charge in [-0.25, -0.2) is 4.68 Å². The zero-order chi connectivity index (χ0) is 15.1. The highest BCUT2D eigenvalue weighted by Gasteiger charge is 2.12. The average Bonchev–Trinajstić information content (AvgIpc) is 3.15. The second-order valence-electron chi connectivity index (χ2n) is 5.24. The van der Waals surface area contributed by atoms with E-state index in [2.05, 4.69) is 51.4 Å². The Balaban J connectivity index is 1.90. The van der Waals surface area contributed by atoms with Gasteiger partial charge in [-0.1, -0.05) is 28.1 Å². The number of halogens is 1. The van der Waals surface area contributed by atoms with Crippen LogP contribution in [0.1, 0.15) is 5.69 Å². The Labute approximate surface area is 136 Å². The van der Waals surface area contributed by atoms with Crippen LogP contribution in [0, 0.1) is 6.92 Å². The molecule has 0 radical (unpaired) electrons. The van der Waals surface area contributed by atoms with Gasteiger partial charge in [-0.3, -0.25) is 0 Å². The fourth-order valence-corrected chi connectivity index (χ4v) is 3.01. The molecule has 3 nitrogen and oxygen atoms in total. The SMILES string of the molecule is Cc1cc(-c2ccco2)n(-c2ccc3cc(Br)ccc3c2)n1. The van der Waals surface area contributed by atoms with Gasteiger partial charge in [0.1, 0.15) is 5.69 Å². The zero-order valence-electron chi connectivity index (χ0n) is 12.0. The Morgan fingerprint density at radius 3 is 2.64 bits per heavy atom. The topological polar surface area (TPSA) is 31.0 Å². The maximum absolute atomic E-state index is 5.53. The van der Waals surface area contributed by atoms with Crippen molar-refractivity contribution < 1.29 is 4.42 Å². The van der Waals surface area contributed by atoms with E-state index >= 15 is 0 Å². The molecule has 0 saturated carbocycles. The first-order valence-corrected chi connectivity index (χ1v) is 7.80. The first-order valence-electron chi connectivity index (χ1n) is 7.01. The van der Waals surface area contributed by atoms with Gasteiger partial charge in [0.2, 0.25) is 0 Å². The monoisotopic (exact) mass is 352 g/mol. The number of aryl methyl sites for hydroxylation is 1. The first kappa shape index (κ1) is 13.3. The van der Waals surface area contributed by atoms with Gasteiger partial charge in [-0.2, -0.15) is 5.10 Å². The van der Waals surface area contributed by atoms with E-state index in [0.29, 0.717) is 0 Å². The van der Waals surface area contributed by atoms with Crippen molar-refractivity contribution in [2.75, 3.05) is 0 Å². The molecule has 4 heteroatoms. The number of hydrogen-bond donors (Lipinski definition) is 0. The van der Waals surface area contributed by atoms with Gasteiger partial charge in [0.25, 0.3) is 0 Å². The molecule has 0 amide bonds. The van der Waals surface area contributed by atoms with Crippen molar-refractivity contribution >= 4 is 26.7 Å². The Kier molecular flexibility index (Phi) is 3.12. The molecule has 0 bridgehead atoms. The lowest BCUT2D eigenvalue weighted by atomic mass is 10.1. The number of rotatable bonds is 2. The average molecular weight is 353 g/mol. The predicted molar refractivity (Wildman–Crippen MR) is 91.2 cm³/mol. The van der Waals surface area contributed by atoms with E-state index in [0.717, 1.165) is 27.3 Å². The molecule has 4 aromatic rings. The molecule has 0 aliphatic carbocycles. The van der Waals surface area contributed by atoms with Crippen molar-refractivity contribution in [3.63, 3.8) is 0 Å². The van der Waals surface area contributed by atoms with Crippen molar-refractivity contribution in [1.82, 2.24) is 9.78 Å². The molecule has 0 aliphatic heterocycles. The van der Waals surface area contributed by atoms with Crippen LogP contribution in [0.2, 0.25) is 0 Å². The second-order valence-corrected chi connectivity index (χ2v) is 6.15. The molecule has 0 saturated heterocycles. The van der Waals surface area contributed by atoms with E-state index in [4.69, 9.17) is 4.42 Å². The third-order valence-corrected chi connectivity index (χ3v) is 4.13. The van der Waals surface area contributed by atoms with Crippen LogP contribution in [0.5, 0.6) is 0 Å². The Morgan fingerprint density at radius 2 is 1.82 bits per heavy atom. The van der Waals surface area contributed by atoms with Crippen LogP contribution in [-0.4, -0.2) is 9.78 Å². The molecule has 0 unspecified atom stereocenters. The molecule has 2 heterocycles. The number of fused-ring (bicyclic) bond motifs is 1. The molecular formula is C18H13BrN2O. The molecule has 0 aliphatic rings. The van der Waals surface area contributed by atoms with Gasteiger partial charge in [-0.15, -0.1) is 0 Å². The lowest BCUT2D eigenvalue weighted by Gasteiger charge is -2.07. The van der Waals surface area contributed by atoms with Crippen LogP contribution in [-0.2, 0) is 0 Å². The molecule has 2 aromatic carbocycles. The predicted octanol–water partition coefficient (Wildman–Crippen LogP) is 5.36. The highest BCUT2D eigenvalue weighted by atomic mass is 79.9. The van der Waals surface area contributed by atoms with Gasteiger partial charge in [-0.05, 0) is 60.2 Å². The summed E-state index contributed by atoms with van der Waals surface area (Å²) in [6, 6.07) is 18.5. The molecule has 0 spiro atoms. The quantitative estimate of drug-likeness (QED) is 0.486. The number of hydrogen-bond acceptors (Lipinski definition) is 2. The smallest absolute Gasteiger partial charge is 0.152 e. The van der Waals surface area contributed by atoms with Crippen molar-refractivity contribution in [3.8, 4) is 17.1 Å². The van der Waals surface area contributed by atoms with E-state index in [1.807, 2.05) is 35.9 Å². The fourth-order valence-electron chi connectivity index (χ4n) is 2.63. The standard InChI is InChI=1S/C18H13BrN2O/c1-12-9-17(18-3-2-8-22-18)21(20-12)16-7-5-13-10-15(19)6-4-14(13)11-16/h2-11H,1H3. The Hall–Kier alpha value is -2.33. The van der Waals surface area contributed by atoms with Crippen LogP contribution in [0.15, 0.2) is 69.8 Å².